The van der Waals surface area contributed by atoms with Gasteiger partial charge in [0, 0.05) is 0 Å². The van der Waals surface area contributed by atoms with Crippen molar-refractivity contribution in [2.45, 2.75) is 33.1 Å². The number of nitrogens with zero attached hydrogens (tertiary/aromatic N) is 2. The molecule has 0 aliphatic heterocycles. The zero-order chi connectivity index (χ0) is 18.9. The second-order valence-electron chi connectivity index (χ2n) is 6.70. The summed E-state index contributed by atoms with van der Waals surface area (Å²) in [5.41, 5.74) is -0.0118. The normalized spacial score (nSPS) is 15.2. The molecule has 2 rings (SSSR count). The minimum Gasteiger partial charge on any atom is -0.287 e. The molecule has 7 heteroatoms. The van der Waals surface area contributed by atoms with Gasteiger partial charge in [-0.2, -0.15) is 5.26 Å². The van der Waals surface area contributed by atoms with Crippen molar-refractivity contribution >= 4 is 57.0 Å². The number of hydrogen-bond donors (Lipinski definition) is 2. The fourth-order valence-electron chi connectivity index (χ4n) is 3.39. The van der Waals surface area contributed by atoms with Crippen molar-refractivity contribution in [3.8, 4) is 6.07 Å². The van der Waals surface area contributed by atoms with Gasteiger partial charge in [0.2, 0.25) is 0 Å². The molecule has 1 aromatic heterocycles. The first-order valence-electron chi connectivity index (χ1n) is 7.93. The van der Waals surface area contributed by atoms with E-state index in [2.05, 4.69) is 36.3 Å². The van der Waals surface area contributed by atoms with Gasteiger partial charge in [0.15, 0.2) is 10.2 Å². The highest BCUT2D eigenvalue weighted by molar-refractivity contribution is 7.97. The van der Waals surface area contributed by atoms with Crippen molar-refractivity contribution in [3.63, 3.8) is 0 Å². The van der Waals surface area contributed by atoms with Crippen molar-refractivity contribution in [1.29, 1.82) is 5.26 Å². The Labute approximate surface area is 162 Å². The maximum Gasteiger partial charge on any atom is 0.199 e. The topological polar surface area (TPSA) is 70.8 Å². The lowest BCUT2D eigenvalue weighted by molar-refractivity contribution is -0.128. The van der Waals surface area contributed by atoms with E-state index in [0.29, 0.717) is 16.1 Å². The van der Waals surface area contributed by atoms with Crippen molar-refractivity contribution < 1.29 is 9.59 Å². The molecular formula is C18H20N2O2S3. The third-order valence-corrected chi connectivity index (χ3v) is 6.39. The lowest BCUT2D eigenvalue weighted by atomic mass is 9.65. The maximum atomic E-state index is 12.8. The van der Waals surface area contributed by atoms with Crippen LogP contribution in [-0.2, 0) is 15.0 Å². The second kappa shape index (κ2) is 7.48. The Morgan fingerprint density at radius 2 is 1.88 bits per heavy atom. The number of carbonyl (C=O) groups is 2. The molecule has 0 saturated heterocycles. The molecule has 0 radical (unpaired) electrons. The number of rotatable bonds is 6. The average molecular weight is 393 g/mol. The molecule has 0 bridgehead atoms. The fraction of sp³-hybridized carbons (Fsp3) is 0.444. The summed E-state index contributed by atoms with van der Waals surface area (Å²) >= 11 is 9.60. The molecule has 0 amide bonds. The Morgan fingerprint density at radius 3 is 2.32 bits per heavy atom. The van der Waals surface area contributed by atoms with Crippen molar-refractivity contribution in [2.75, 3.05) is 0 Å². The van der Waals surface area contributed by atoms with Crippen LogP contribution in [0.2, 0.25) is 0 Å². The minimum absolute atomic E-state index is 0.106. The Kier molecular flexibility index (Phi) is 5.97. The van der Waals surface area contributed by atoms with Crippen LogP contribution < -0.4 is 0 Å². The van der Waals surface area contributed by atoms with Gasteiger partial charge in [0.25, 0.3) is 0 Å². The maximum absolute atomic E-state index is 12.8. The van der Waals surface area contributed by atoms with Gasteiger partial charge in [0.05, 0.1) is 27.8 Å². The molecular weight excluding hydrogens is 372 g/mol. The van der Waals surface area contributed by atoms with E-state index >= 15 is 0 Å². The van der Waals surface area contributed by atoms with E-state index in [4.69, 9.17) is 5.26 Å². The number of nitriles is 1. The lowest BCUT2D eigenvalue weighted by Gasteiger charge is -2.40. The first kappa shape index (κ1) is 20.0. The minimum atomic E-state index is -1.16. The number of hydrogen-bond acceptors (Lipinski definition) is 5. The van der Waals surface area contributed by atoms with E-state index in [1.54, 1.807) is 12.1 Å². The first-order valence-corrected chi connectivity index (χ1v) is 9.64. The summed E-state index contributed by atoms with van der Waals surface area (Å²) in [7, 11) is 0. The van der Waals surface area contributed by atoms with Crippen LogP contribution in [0.1, 0.15) is 38.3 Å². The average Bonchev–Trinajstić information content (AvgIpc) is 2.93. The Bertz CT molecular complexity index is 867. The Morgan fingerprint density at radius 1 is 1.24 bits per heavy atom. The molecule has 0 aliphatic rings. The molecule has 2 atom stereocenters. The van der Waals surface area contributed by atoms with Gasteiger partial charge in [-0.05, 0) is 30.0 Å². The third-order valence-electron chi connectivity index (χ3n) is 4.56. The van der Waals surface area contributed by atoms with Crippen LogP contribution in [-0.4, -0.2) is 15.2 Å². The van der Waals surface area contributed by atoms with Crippen molar-refractivity contribution in [3.05, 3.63) is 28.8 Å². The first-order chi connectivity index (χ1) is 11.7. The molecule has 25 heavy (non-hydrogen) atoms. The predicted molar refractivity (Wildman–Crippen MR) is 107 cm³/mol. The zero-order valence-electron chi connectivity index (χ0n) is 14.5. The van der Waals surface area contributed by atoms with Gasteiger partial charge >= 0.3 is 0 Å². The Hall–Kier alpha value is -1.36. The summed E-state index contributed by atoms with van der Waals surface area (Å²) in [5, 5.41) is 8.90. The number of carbonyl (C=O) groups excluding carboxylic acids is 2. The Balaban J connectivity index is 2.82. The molecule has 1 heterocycles. The molecule has 0 saturated carbocycles. The molecule has 132 valence electrons. The van der Waals surface area contributed by atoms with Gasteiger partial charge in [-0.25, -0.2) is 4.98 Å². The van der Waals surface area contributed by atoms with Gasteiger partial charge in [-0.3, -0.25) is 9.59 Å². The van der Waals surface area contributed by atoms with Crippen LogP contribution in [0.5, 0.6) is 0 Å². The summed E-state index contributed by atoms with van der Waals surface area (Å²) in [4.78, 5) is 29.7. The lowest BCUT2D eigenvalue weighted by Crippen LogP contribution is -2.50. The molecule has 0 aliphatic carbocycles. The predicted octanol–water partition coefficient (Wildman–Crippen LogP) is 4.25. The van der Waals surface area contributed by atoms with Crippen LogP contribution in [0.15, 0.2) is 18.2 Å². The van der Waals surface area contributed by atoms with E-state index in [9.17, 15) is 9.59 Å². The number of fused-ring (bicyclic) bond motifs is 1. The summed E-state index contributed by atoms with van der Waals surface area (Å²) < 4.78 is 0.864. The van der Waals surface area contributed by atoms with E-state index in [0.717, 1.165) is 4.70 Å². The SMILES string of the molecule is CC(C)C(C(=O)S)C(C(=O)S)(c1nc2cc(C#N)ccc2s1)C(C)C. The zero-order valence-corrected chi connectivity index (χ0v) is 17.1. The quantitative estimate of drug-likeness (QED) is 0.721. The highest BCUT2D eigenvalue weighted by Crippen LogP contribution is 2.48. The van der Waals surface area contributed by atoms with Crippen molar-refractivity contribution in [2.24, 2.45) is 17.8 Å². The molecule has 0 spiro atoms. The third kappa shape index (κ3) is 3.35. The molecule has 2 aromatic rings. The molecule has 4 nitrogen and oxygen atoms in total. The van der Waals surface area contributed by atoms with Gasteiger partial charge in [-0.15, -0.1) is 36.6 Å². The van der Waals surface area contributed by atoms with E-state index < -0.39 is 11.3 Å². The van der Waals surface area contributed by atoms with E-state index in [1.165, 1.54) is 11.3 Å². The fourth-order valence-corrected chi connectivity index (χ4v) is 5.79. The van der Waals surface area contributed by atoms with Gasteiger partial charge in [0.1, 0.15) is 10.4 Å². The number of aromatic nitrogens is 1. The highest BCUT2D eigenvalue weighted by Gasteiger charge is 2.53. The molecule has 0 N–H and O–H groups in total. The monoisotopic (exact) mass is 392 g/mol. The van der Waals surface area contributed by atoms with E-state index in [-0.39, 0.29) is 22.1 Å². The van der Waals surface area contributed by atoms with Crippen molar-refractivity contribution in [1.82, 2.24) is 4.98 Å². The summed E-state index contributed by atoms with van der Waals surface area (Å²) in [6.45, 7) is 7.58. The van der Waals surface area contributed by atoms with Gasteiger partial charge < -0.3 is 0 Å². The van der Waals surface area contributed by atoms with Crippen LogP contribution in [0.3, 0.4) is 0 Å². The molecule has 0 fully saturated rings. The standard InChI is InChI=1S/C18H20N2O2S3/c1-9(2)14(15(21)23)18(10(3)4,17(22)24)16-20-12-7-11(8-19)5-6-13(12)25-16/h5-7,9-10,14H,1-4H3,(H,21,23)(H,22,24). The summed E-state index contributed by atoms with van der Waals surface area (Å²) in [6, 6.07) is 7.31. The number of benzene rings is 1. The van der Waals surface area contributed by atoms with Crippen LogP contribution in [0, 0.1) is 29.1 Å². The second-order valence-corrected chi connectivity index (χ2v) is 8.58. The highest BCUT2D eigenvalue weighted by atomic mass is 32.1. The number of thiazole rings is 1. The van der Waals surface area contributed by atoms with Crippen LogP contribution in [0.25, 0.3) is 10.2 Å². The summed E-state index contributed by atoms with van der Waals surface area (Å²) in [5.74, 6) is -0.945. The summed E-state index contributed by atoms with van der Waals surface area (Å²) in [6.07, 6.45) is 0. The largest absolute Gasteiger partial charge is 0.287 e. The van der Waals surface area contributed by atoms with Crippen LogP contribution >= 0.6 is 36.6 Å². The van der Waals surface area contributed by atoms with Gasteiger partial charge in [-0.1, -0.05) is 27.7 Å². The van der Waals surface area contributed by atoms with Crippen LogP contribution in [0.4, 0.5) is 0 Å². The smallest absolute Gasteiger partial charge is 0.199 e. The number of thiol groups is 2. The van der Waals surface area contributed by atoms with E-state index in [1.807, 2.05) is 33.8 Å². The molecule has 1 aromatic carbocycles. The molecule has 2 unspecified atom stereocenters.